The number of benzene rings is 1. The van der Waals surface area contributed by atoms with Crippen molar-refractivity contribution in [3.63, 3.8) is 0 Å². The number of hydrogen-bond donors (Lipinski definition) is 1. The Labute approximate surface area is 302 Å². The number of pyridine rings is 1. The lowest BCUT2D eigenvalue weighted by molar-refractivity contribution is -0.140. The van der Waals surface area contributed by atoms with Crippen molar-refractivity contribution in [2.75, 3.05) is 66.4 Å². The summed E-state index contributed by atoms with van der Waals surface area (Å²) in [5, 5.41) is 13.8. The highest BCUT2D eigenvalue weighted by Gasteiger charge is 2.37. The summed E-state index contributed by atoms with van der Waals surface area (Å²) in [7, 11) is 6.74. The van der Waals surface area contributed by atoms with E-state index in [1.807, 2.05) is 13.8 Å². The molecule has 268 valence electrons. The summed E-state index contributed by atoms with van der Waals surface area (Å²) < 4.78 is 18.5. The van der Waals surface area contributed by atoms with Gasteiger partial charge in [-0.1, -0.05) is 23.2 Å². The molecule has 0 spiro atoms. The fraction of sp³-hybridized carbons (Fsp3) is 0.514. The maximum atomic E-state index is 14.1. The molecule has 0 radical (unpaired) electrons. The Morgan fingerprint density at radius 3 is 2.28 bits per heavy atom. The third-order valence-electron chi connectivity index (χ3n) is 9.72. The molecule has 2 atom stereocenters. The Balaban J connectivity index is 1.32. The van der Waals surface area contributed by atoms with Crippen LogP contribution in [0.4, 0.5) is 5.95 Å². The largest absolute Gasteiger partial charge is 0.495 e. The molecule has 3 aromatic rings. The zero-order valence-electron chi connectivity index (χ0n) is 29.7. The molecule has 2 unspecified atom stereocenters. The van der Waals surface area contributed by atoms with E-state index in [9.17, 15) is 14.9 Å². The van der Waals surface area contributed by atoms with Gasteiger partial charge in [-0.15, -0.1) is 0 Å². The van der Waals surface area contributed by atoms with Gasteiger partial charge in [-0.05, 0) is 46.9 Å². The average molecular weight is 728 g/mol. The van der Waals surface area contributed by atoms with Crippen molar-refractivity contribution in [2.24, 2.45) is 0 Å². The van der Waals surface area contributed by atoms with Crippen LogP contribution in [0.2, 0.25) is 10.0 Å². The highest BCUT2D eigenvalue weighted by atomic mass is 35.5. The second-order valence-electron chi connectivity index (χ2n) is 13.3. The molecule has 15 heteroatoms. The number of hydrogen-bond acceptors (Lipinski definition) is 11. The van der Waals surface area contributed by atoms with Gasteiger partial charge in [0.05, 0.1) is 49.1 Å². The van der Waals surface area contributed by atoms with Crippen LogP contribution in [-0.2, 0) is 16.1 Å². The van der Waals surface area contributed by atoms with Gasteiger partial charge in [0.2, 0.25) is 5.95 Å². The molecule has 13 nitrogen and oxygen atoms in total. The Bertz CT molecular complexity index is 1860. The molecule has 0 bridgehead atoms. The summed E-state index contributed by atoms with van der Waals surface area (Å²) in [5.41, 5.74) is 0.112. The molecule has 0 aliphatic carbocycles. The Kier molecular flexibility index (Phi) is 11.3. The lowest BCUT2D eigenvalue weighted by Gasteiger charge is -2.48. The molecule has 5 rings (SSSR count). The van der Waals surface area contributed by atoms with E-state index in [0.717, 1.165) is 13.1 Å². The molecule has 2 saturated heterocycles. The van der Waals surface area contributed by atoms with Crippen molar-refractivity contribution in [1.29, 1.82) is 5.26 Å². The number of nitrogens with one attached hydrogen (secondary N) is 1. The van der Waals surface area contributed by atoms with Crippen molar-refractivity contribution < 1.29 is 19.0 Å². The highest BCUT2D eigenvalue weighted by molar-refractivity contribution is 6.41. The molecular formula is C35H44Cl2N8O5. The summed E-state index contributed by atoms with van der Waals surface area (Å²) >= 11 is 13.4. The minimum absolute atomic E-state index is 0.119. The fourth-order valence-corrected chi connectivity index (χ4v) is 7.14. The lowest BCUT2D eigenvalue weighted by atomic mass is 9.94. The second-order valence-corrected chi connectivity index (χ2v) is 14.1. The predicted molar refractivity (Wildman–Crippen MR) is 194 cm³/mol. The first-order valence-corrected chi connectivity index (χ1v) is 17.2. The van der Waals surface area contributed by atoms with Gasteiger partial charge in [-0.3, -0.25) is 24.0 Å². The van der Waals surface area contributed by atoms with Gasteiger partial charge in [0, 0.05) is 74.1 Å². The first-order valence-electron chi connectivity index (χ1n) is 16.4. The number of ether oxygens (including phenoxy) is 3. The number of amides is 1. The smallest absolute Gasteiger partial charge is 0.264 e. The first kappa shape index (κ1) is 37.3. The van der Waals surface area contributed by atoms with Crippen molar-refractivity contribution in [3.05, 3.63) is 50.4 Å². The van der Waals surface area contributed by atoms with Crippen LogP contribution in [0, 0.1) is 11.3 Å². The van der Waals surface area contributed by atoms with Crippen molar-refractivity contribution in [1.82, 2.24) is 29.2 Å². The molecule has 50 heavy (non-hydrogen) atoms. The van der Waals surface area contributed by atoms with Crippen LogP contribution in [-0.4, -0.2) is 120 Å². The first-order chi connectivity index (χ1) is 23.7. The number of rotatable bonds is 11. The lowest BCUT2D eigenvalue weighted by Crippen LogP contribution is -2.60. The maximum Gasteiger partial charge on any atom is 0.264 e. The van der Waals surface area contributed by atoms with E-state index in [0.29, 0.717) is 53.7 Å². The van der Waals surface area contributed by atoms with Crippen LogP contribution >= 0.6 is 23.2 Å². The van der Waals surface area contributed by atoms with E-state index in [2.05, 4.69) is 52.0 Å². The fourth-order valence-electron chi connectivity index (χ4n) is 6.44. The number of likely N-dealkylation sites (N-methyl/N-ethyl adjacent to an activating group) is 1. The maximum absolute atomic E-state index is 14.1. The molecule has 0 saturated carbocycles. The van der Waals surface area contributed by atoms with Crippen LogP contribution < -0.4 is 20.3 Å². The summed E-state index contributed by atoms with van der Waals surface area (Å²) in [4.78, 5) is 42.6. The Hall–Kier alpha value is -3.93. The SMILES string of the molecule is CNc1ncc2cc(-c3c(Cl)c(OC)cc(OC)c3Cl)c(=O)n(CCOC3CN(C(=O)/C(C#N)=C\C(C)(C)N4CC(C)N(C)C(C)C4)C3)c2n1. The van der Waals surface area contributed by atoms with Gasteiger partial charge in [-0.2, -0.15) is 10.2 Å². The van der Waals surface area contributed by atoms with Crippen LogP contribution in [0.25, 0.3) is 22.2 Å². The van der Waals surface area contributed by atoms with E-state index in [-0.39, 0.29) is 51.9 Å². The number of likely N-dealkylation sites (tertiary alicyclic amines) is 1. The number of carbonyl (C=O) groups excluding carboxylic acids is 1. The number of anilines is 1. The molecule has 2 aromatic heterocycles. The number of methoxy groups -OCH3 is 2. The van der Waals surface area contributed by atoms with Crippen LogP contribution in [0.1, 0.15) is 27.7 Å². The normalized spacial score (nSPS) is 19.3. The van der Waals surface area contributed by atoms with Crippen LogP contribution in [0.5, 0.6) is 11.5 Å². The minimum atomic E-state index is -0.475. The average Bonchev–Trinajstić information content (AvgIpc) is 3.07. The number of aromatic nitrogens is 3. The quantitative estimate of drug-likeness (QED) is 0.224. The number of carbonyl (C=O) groups is 1. The van der Waals surface area contributed by atoms with Gasteiger partial charge in [-0.25, -0.2) is 4.98 Å². The summed E-state index contributed by atoms with van der Waals surface area (Å²) in [5.74, 6) is 0.617. The number of nitriles is 1. The van der Waals surface area contributed by atoms with Gasteiger partial charge >= 0.3 is 0 Å². The van der Waals surface area contributed by atoms with E-state index >= 15 is 0 Å². The van der Waals surface area contributed by atoms with Gasteiger partial charge in [0.15, 0.2) is 0 Å². The summed E-state index contributed by atoms with van der Waals surface area (Å²) in [6, 6.07) is 6.05. The second kappa shape index (κ2) is 15.1. The van der Waals surface area contributed by atoms with Crippen LogP contribution in [0.15, 0.2) is 34.8 Å². The molecule has 2 fully saturated rings. The van der Waals surface area contributed by atoms with E-state index < -0.39 is 11.1 Å². The molecular weight excluding hydrogens is 683 g/mol. The zero-order valence-corrected chi connectivity index (χ0v) is 31.2. The van der Waals surface area contributed by atoms with E-state index in [1.165, 1.54) is 18.8 Å². The summed E-state index contributed by atoms with van der Waals surface area (Å²) in [6.45, 7) is 11.1. The number of fused-ring (bicyclic) bond motifs is 1. The molecule has 2 aliphatic heterocycles. The standard InChI is InChI=1S/C35H44Cl2N8O5/c1-20-16-44(17-21(2)42(20)6)35(3,4)13-23(14-38)32(46)43-18-24(19-43)50-10-9-45-31-22(15-40-34(39-5)41-31)11-25(33(45)47)28-29(36)26(48-7)12-27(49-8)30(28)37/h11-13,15,20-21,24H,9-10,16-19H2,1-8H3,(H,39,40,41)/b23-13-. The van der Waals surface area contributed by atoms with Gasteiger partial charge < -0.3 is 24.4 Å². The minimum Gasteiger partial charge on any atom is -0.495 e. The zero-order chi connectivity index (χ0) is 36.5. The topological polar surface area (TPSA) is 138 Å². The van der Waals surface area contributed by atoms with Gasteiger partial charge in [0.25, 0.3) is 11.5 Å². The molecule has 2 aliphatic rings. The number of halogens is 2. The van der Waals surface area contributed by atoms with E-state index in [4.69, 9.17) is 37.4 Å². The molecule has 4 heterocycles. The Morgan fingerprint density at radius 1 is 1.10 bits per heavy atom. The van der Waals surface area contributed by atoms with Crippen molar-refractivity contribution in [3.8, 4) is 28.7 Å². The van der Waals surface area contributed by atoms with Gasteiger partial charge in [0.1, 0.15) is 28.8 Å². The van der Waals surface area contributed by atoms with E-state index in [1.54, 1.807) is 36.4 Å². The van der Waals surface area contributed by atoms with Crippen LogP contribution in [0.3, 0.4) is 0 Å². The number of piperazine rings is 1. The molecule has 1 amide bonds. The highest BCUT2D eigenvalue weighted by Crippen LogP contribution is 2.45. The predicted octanol–water partition coefficient (Wildman–Crippen LogP) is 4.30. The Morgan fingerprint density at radius 2 is 1.72 bits per heavy atom. The monoisotopic (exact) mass is 726 g/mol. The third kappa shape index (κ3) is 7.27. The summed E-state index contributed by atoms with van der Waals surface area (Å²) in [6.07, 6.45) is 3.14. The van der Waals surface area contributed by atoms with Crippen molar-refractivity contribution in [2.45, 2.75) is 58.0 Å². The number of nitrogens with zero attached hydrogens (tertiary/aromatic N) is 7. The van der Waals surface area contributed by atoms with Crippen molar-refractivity contribution >= 4 is 46.1 Å². The molecule has 1 N–H and O–H groups in total. The molecule has 1 aromatic carbocycles. The third-order valence-corrected chi connectivity index (χ3v) is 10.5.